The summed E-state index contributed by atoms with van der Waals surface area (Å²) in [4.78, 5) is 2.07. The minimum Gasteiger partial charge on any atom is -0.395 e. The number of piperidine rings is 1. The molecule has 0 aromatic heterocycles. The summed E-state index contributed by atoms with van der Waals surface area (Å²) < 4.78 is 6.23. The summed E-state index contributed by atoms with van der Waals surface area (Å²) in [5, 5.41) is 41.4. The standard InChI is InChI=1S/C28H51NO5/c1-2-3-4-7-10-29-23(25(31)27(33)26(32)24(29)18-30)9-6-5-8-11-34-19-28-15-20-12-21(16-28)14-22(13-20)17-28/h20-27,30-33H,2-19H2,1H3/t20?,21?,22?,23-,24+,25-,26+,27+,28?/m0/s1. The zero-order chi connectivity index (χ0) is 24.1. The summed E-state index contributed by atoms with van der Waals surface area (Å²) in [5.74, 6) is 2.91. The molecule has 0 aromatic rings. The molecule has 4 bridgehead atoms. The largest absolute Gasteiger partial charge is 0.395 e. The van der Waals surface area contributed by atoms with Crippen molar-refractivity contribution in [2.75, 3.05) is 26.4 Å². The van der Waals surface area contributed by atoms with Crippen LogP contribution in [0.15, 0.2) is 0 Å². The molecule has 4 N–H and O–H groups in total. The molecule has 34 heavy (non-hydrogen) atoms. The van der Waals surface area contributed by atoms with E-state index in [0.29, 0.717) is 5.41 Å². The molecule has 198 valence electrons. The van der Waals surface area contributed by atoms with Gasteiger partial charge in [0.15, 0.2) is 0 Å². The Kier molecular flexibility index (Phi) is 9.73. The Labute approximate surface area is 207 Å². The van der Waals surface area contributed by atoms with Crippen molar-refractivity contribution in [1.82, 2.24) is 4.90 Å². The SMILES string of the molecule is CCCCCCN1[C@H](CO)[C@@H](O)[C@H](O)[C@@H](O)[C@@H]1CCCCCOCC12CC3CC(CC(C3)C1)C2. The summed E-state index contributed by atoms with van der Waals surface area (Å²) >= 11 is 0. The minimum atomic E-state index is -1.20. The average Bonchev–Trinajstić information content (AvgIpc) is 2.80. The molecule has 4 aliphatic carbocycles. The number of rotatable bonds is 14. The van der Waals surface area contributed by atoms with Crippen molar-refractivity contribution >= 4 is 0 Å². The van der Waals surface area contributed by atoms with Crippen molar-refractivity contribution < 1.29 is 25.2 Å². The number of hydrogen-bond donors (Lipinski definition) is 4. The highest BCUT2D eigenvalue weighted by Gasteiger charge is 2.51. The lowest BCUT2D eigenvalue weighted by atomic mass is 9.50. The van der Waals surface area contributed by atoms with E-state index in [1.54, 1.807) is 0 Å². The summed E-state index contributed by atoms with van der Waals surface area (Å²) in [6.45, 7) is 4.48. The molecule has 1 heterocycles. The van der Waals surface area contributed by atoms with Crippen molar-refractivity contribution in [3.05, 3.63) is 0 Å². The predicted octanol–water partition coefficient (Wildman–Crippen LogP) is 3.49. The van der Waals surface area contributed by atoms with Crippen molar-refractivity contribution in [1.29, 1.82) is 0 Å². The van der Waals surface area contributed by atoms with Gasteiger partial charge < -0.3 is 25.2 Å². The first-order chi connectivity index (χ1) is 16.5. The third-order valence-electron chi connectivity index (χ3n) is 9.66. The van der Waals surface area contributed by atoms with Crippen LogP contribution in [0.4, 0.5) is 0 Å². The van der Waals surface area contributed by atoms with Crippen molar-refractivity contribution in [3.8, 4) is 0 Å². The molecule has 0 aromatic carbocycles. The van der Waals surface area contributed by atoms with E-state index in [1.165, 1.54) is 44.9 Å². The maximum Gasteiger partial charge on any atom is 0.109 e. The molecule has 0 radical (unpaired) electrons. The number of hydrogen-bond acceptors (Lipinski definition) is 6. The molecule has 0 spiro atoms. The van der Waals surface area contributed by atoms with Gasteiger partial charge in [0, 0.05) is 12.6 Å². The van der Waals surface area contributed by atoms with E-state index in [0.717, 1.165) is 82.5 Å². The number of unbranched alkanes of at least 4 members (excludes halogenated alkanes) is 5. The second-order valence-electron chi connectivity index (χ2n) is 12.4. The van der Waals surface area contributed by atoms with Crippen LogP contribution in [0.3, 0.4) is 0 Å². The molecule has 1 saturated heterocycles. The fourth-order valence-corrected chi connectivity index (χ4v) is 8.39. The molecule has 6 heteroatoms. The first-order valence-electron chi connectivity index (χ1n) is 14.4. The van der Waals surface area contributed by atoms with Gasteiger partial charge in [-0.3, -0.25) is 4.90 Å². The van der Waals surface area contributed by atoms with E-state index >= 15 is 0 Å². The van der Waals surface area contributed by atoms with Crippen LogP contribution < -0.4 is 0 Å². The lowest BCUT2D eigenvalue weighted by molar-refractivity contribution is -0.172. The second-order valence-corrected chi connectivity index (χ2v) is 12.4. The van der Waals surface area contributed by atoms with Crippen LogP contribution in [0.5, 0.6) is 0 Å². The minimum absolute atomic E-state index is 0.201. The molecule has 5 fully saturated rings. The van der Waals surface area contributed by atoms with Crippen LogP contribution in [0, 0.1) is 23.2 Å². The van der Waals surface area contributed by atoms with Gasteiger partial charge in [-0.25, -0.2) is 0 Å². The molecule has 6 nitrogen and oxygen atoms in total. The monoisotopic (exact) mass is 481 g/mol. The third kappa shape index (κ3) is 6.18. The average molecular weight is 482 g/mol. The number of aliphatic hydroxyl groups is 4. The number of aliphatic hydroxyl groups excluding tert-OH is 4. The Morgan fingerprint density at radius 2 is 1.38 bits per heavy atom. The van der Waals surface area contributed by atoms with Crippen LogP contribution in [-0.4, -0.2) is 82.1 Å². The topological polar surface area (TPSA) is 93.4 Å². The smallest absolute Gasteiger partial charge is 0.109 e. The number of likely N-dealkylation sites (tertiary alicyclic amines) is 1. The molecule has 5 aliphatic rings. The first kappa shape index (κ1) is 26.8. The van der Waals surface area contributed by atoms with E-state index < -0.39 is 24.4 Å². The quantitative estimate of drug-likeness (QED) is 0.284. The predicted molar refractivity (Wildman–Crippen MR) is 133 cm³/mol. The highest BCUT2D eigenvalue weighted by Crippen LogP contribution is 2.60. The maximum absolute atomic E-state index is 10.7. The van der Waals surface area contributed by atoms with Gasteiger partial charge in [-0.15, -0.1) is 0 Å². The fraction of sp³-hybridized carbons (Fsp3) is 1.00. The van der Waals surface area contributed by atoms with E-state index in [2.05, 4.69) is 11.8 Å². The van der Waals surface area contributed by atoms with Crippen LogP contribution in [0.2, 0.25) is 0 Å². The van der Waals surface area contributed by atoms with Gasteiger partial charge in [0.05, 0.1) is 25.4 Å². The van der Waals surface area contributed by atoms with Gasteiger partial charge in [0.25, 0.3) is 0 Å². The molecule has 1 aliphatic heterocycles. The van der Waals surface area contributed by atoms with Gasteiger partial charge in [-0.05, 0) is 87.5 Å². The molecular weight excluding hydrogens is 430 g/mol. The highest BCUT2D eigenvalue weighted by molar-refractivity contribution is 5.02. The van der Waals surface area contributed by atoms with Crippen LogP contribution in [0.1, 0.15) is 96.8 Å². The number of nitrogens with zero attached hydrogens (tertiary/aromatic N) is 1. The van der Waals surface area contributed by atoms with Gasteiger partial charge in [0.1, 0.15) is 12.2 Å². The molecular formula is C28H51NO5. The fourth-order valence-electron chi connectivity index (χ4n) is 8.39. The summed E-state index contributed by atoms with van der Waals surface area (Å²) in [5.41, 5.74) is 0.482. The van der Waals surface area contributed by atoms with Gasteiger partial charge in [0.2, 0.25) is 0 Å². The molecule has 5 atom stereocenters. The lowest BCUT2D eigenvalue weighted by Crippen LogP contribution is -2.67. The molecule has 0 amide bonds. The zero-order valence-corrected chi connectivity index (χ0v) is 21.5. The van der Waals surface area contributed by atoms with Crippen molar-refractivity contribution in [3.63, 3.8) is 0 Å². The van der Waals surface area contributed by atoms with Crippen LogP contribution in [0.25, 0.3) is 0 Å². The third-order valence-corrected chi connectivity index (χ3v) is 9.66. The summed E-state index contributed by atoms with van der Waals surface area (Å²) in [6, 6.07) is -0.723. The van der Waals surface area contributed by atoms with E-state index in [9.17, 15) is 20.4 Å². The Bertz CT molecular complexity index is 580. The second kappa shape index (κ2) is 12.3. The zero-order valence-electron chi connectivity index (χ0n) is 21.5. The first-order valence-corrected chi connectivity index (χ1v) is 14.4. The van der Waals surface area contributed by atoms with Gasteiger partial charge in [-0.1, -0.05) is 39.0 Å². The Morgan fingerprint density at radius 1 is 0.765 bits per heavy atom. The van der Waals surface area contributed by atoms with Gasteiger partial charge >= 0.3 is 0 Å². The maximum atomic E-state index is 10.7. The number of ether oxygens (including phenoxy) is 1. The van der Waals surface area contributed by atoms with E-state index in [4.69, 9.17) is 4.74 Å². The summed E-state index contributed by atoms with van der Waals surface area (Å²) in [7, 11) is 0. The summed E-state index contributed by atoms with van der Waals surface area (Å²) in [6.07, 6.45) is 13.5. The van der Waals surface area contributed by atoms with E-state index in [1.807, 2.05) is 0 Å². The van der Waals surface area contributed by atoms with Gasteiger partial charge in [-0.2, -0.15) is 0 Å². The van der Waals surface area contributed by atoms with E-state index in [-0.39, 0.29) is 12.6 Å². The Balaban J connectivity index is 1.18. The normalized spacial score (nSPS) is 41.9. The Morgan fingerprint density at radius 3 is 2.00 bits per heavy atom. The lowest BCUT2D eigenvalue weighted by Gasteiger charge is -2.56. The van der Waals surface area contributed by atoms with Crippen LogP contribution in [-0.2, 0) is 4.74 Å². The Hall–Kier alpha value is -0.240. The molecule has 0 unspecified atom stereocenters. The molecule has 5 rings (SSSR count). The van der Waals surface area contributed by atoms with Crippen LogP contribution >= 0.6 is 0 Å². The van der Waals surface area contributed by atoms with Crippen molar-refractivity contribution in [2.24, 2.45) is 23.2 Å². The molecule has 4 saturated carbocycles. The van der Waals surface area contributed by atoms with Crippen molar-refractivity contribution in [2.45, 2.75) is 127 Å². The highest BCUT2D eigenvalue weighted by atomic mass is 16.5.